The summed E-state index contributed by atoms with van der Waals surface area (Å²) in [6.07, 6.45) is 4.57. The number of hydrogen-bond donors (Lipinski definition) is 1. The predicted octanol–water partition coefficient (Wildman–Crippen LogP) is 1.81. The maximum absolute atomic E-state index is 4.15. The molecule has 0 atom stereocenters. The minimum Gasteiger partial charge on any atom is -0.310 e. The average molecular weight is 213 g/mol. The fourth-order valence-electron chi connectivity index (χ4n) is 1.50. The maximum Gasteiger partial charge on any atom is 0.141 e. The van der Waals surface area contributed by atoms with Crippen molar-refractivity contribution in [3.63, 3.8) is 0 Å². The van der Waals surface area contributed by atoms with Crippen LogP contribution in [0.4, 0.5) is 0 Å². The van der Waals surface area contributed by atoms with Crippen LogP contribution in [0.15, 0.2) is 48.8 Å². The predicted molar refractivity (Wildman–Crippen MR) is 63.9 cm³/mol. The van der Waals surface area contributed by atoms with Gasteiger partial charge in [0.15, 0.2) is 0 Å². The number of aromatic nitrogens is 2. The molecule has 0 fully saturated rings. The van der Waals surface area contributed by atoms with E-state index in [2.05, 4.69) is 39.6 Å². The van der Waals surface area contributed by atoms with E-state index < -0.39 is 0 Å². The van der Waals surface area contributed by atoms with Crippen LogP contribution in [0.2, 0.25) is 0 Å². The first kappa shape index (κ1) is 10.8. The van der Waals surface area contributed by atoms with Crippen LogP contribution in [0.1, 0.15) is 11.4 Å². The number of nitrogens with zero attached hydrogens (tertiary/aromatic N) is 2. The molecule has 0 saturated carbocycles. The molecular weight excluding hydrogens is 198 g/mol. The van der Waals surface area contributed by atoms with Crippen LogP contribution in [-0.4, -0.2) is 16.5 Å². The van der Waals surface area contributed by atoms with Crippen LogP contribution < -0.4 is 5.32 Å². The van der Waals surface area contributed by atoms with E-state index in [1.165, 1.54) is 5.56 Å². The maximum atomic E-state index is 4.15. The Labute approximate surface area is 95.6 Å². The summed E-state index contributed by atoms with van der Waals surface area (Å²) in [5, 5.41) is 3.33. The van der Waals surface area contributed by atoms with Gasteiger partial charge in [-0.2, -0.15) is 0 Å². The smallest absolute Gasteiger partial charge is 0.141 e. The molecule has 82 valence electrons. The Balaban J connectivity index is 1.70. The molecule has 1 heterocycles. The normalized spacial score (nSPS) is 10.2. The van der Waals surface area contributed by atoms with Gasteiger partial charge in [0.05, 0.1) is 6.54 Å². The van der Waals surface area contributed by atoms with E-state index in [9.17, 15) is 0 Å². The first-order valence-corrected chi connectivity index (χ1v) is 5.46. The Bertz CT molecular complexity index is 359. The van der Waals surface area contributed by atoms with E-state index in [0.29, 0.717) is 0 Å². The van der Waals surface area contributed by atoms with E-state index in [-0.39, 0.29) is 0 Å². The molecule has 0 aliphatic rings. The van der Waals surface area contributed by atoms with Crippen LogP contribution >= 0.6 is 0 Å². The SMILES string of the molecule is c1ccc(CCNCc2ncccn2)cc1. The van der Waals surface area contributed by atoms with Crippen molar-refractivity contribution < 1.29 is 0 Å². The van der Waals surface area contributed by atoms with Crippen molar-refractivity contribution in [2.24, 2.45) is 0 Å². The molecule has 0 radical (unpaired) electrons. The zero-order chi connectivity index (χ0) is 11.1. The van der Waals surface area contributed by atoms with Crippen molar-refractivity contribution in [2.45, 2.75) is 13.0 Å². The number of benzene rings is 1. The van der Waals surface area contributed by atoms with Gasteiger partial charge in [-0.05, 0) is 24.6 Å². The fourth-order valence-corrected chi connectivity index (χ4v) is 1.50. The zero-order valence-electron chi connectivity index (χ0n) is 9.13. The third kappa shape index (κ3) is 3.44. The van der Waals surface area contributed by atoms with E-state index in [0.717, 1.165) is 25.3 Å². The van der Waals surface area contributed by atoms with Gasteiger partial charge < -0.3 is 5.32 Å². The molecule has 1 aromatic carbocycles. The molecule has 0 aliphatic carbocycles. The third-order valence-electron chi connectivity index (χ3n) is 2.34. The van der Waals surface area contributed by atoms with Gasteiger partial charge in [-0.15, -0.1) is 0 Å². The highest BCUT2D eigenvalue weighted by Gasteiger charge is 1.94. The Hall–Kier alpha value is -1.74. The molecule has 0 spiro atoms. The van der Waals surface area contributed by atoms with E-state index >= 15 is 0 Å². The lowest BCUT2D eigenvalue weighted by Crippen LogP contribution is -2.18. The molecule has 0 amide bonds. The summed E-state index contributed by atoms with van der Waals surface area (Å²) in [4.78, 5) is 8.30. The molecule has 0 bridgehead atoms. The van der Waals surface area contributed by atoms with Gasteiger partial charge in [-0.3, -0.25) is 0 Å². The Kier molecular flexibility index (Phi) is 4.02. The van der Waals surface area contributed by atoms with Crippen LogP contribution in [0.5, 0.6) is 0 Å². The van der Waals surface area contributed by atoms with Gasteiger partial charge in [-0.1, -0.05) is 30.3 Å². The van der Waals surface area contributed by atoms with Crippen molar-refractivity contribution in [3.05, 3.63) is 60.2 Å². The molecule has 16 heavy (non-hydrogen) atoms. The van der Waals surface area contributed by atoms with Crippen LogP contribution in [0.25, 0.3) is 0 Å². The molecule has 0 saturated heterocycles. The molecule has 3 heteroatoms. The summed E-state index contributed by atoms with van der Waals surface area (Å²) in [7, 11) is 0. The molecule has 2 rings (SSSR count). The summed E-state index contributed by atoms with van der Waals surface area (Å²) in [5.41, 5.74) is 1.35. The lowest BCUT2D eigenvalue weighted by atomic mass is 10.1. The topological polar surface area (TPSA) is 37.8 Å². The van der Waals surface area contributed by atoms with Crippen molar-refractivity contribution in [3.8, 4) is 0 Å². The molecule has 1 N–H and O–H groups in total. The summed E-state index contributed by atoms with van der Waals surface area (Å²) >= 11 is 0. The first-order chi connectivity index (χ1) is 7.95. The number of nitrogens with one attached hydrogen (secondary N) is 1. The summed E-state index contributed by atoms with van der Waals surface area (Å²) in [6.45, 7) is 1.68. The standard InChI is InChI=1S/C13H15N3/c1-2-5-12(6-3-1)7-10-14-11-13-15-8-4-9-16-13/h1-6,8-9,14H,7,10-11H2. The fraction of sp³-hybridized carbons (Fsp3) is 0.231. The number of rotatable bonds is 5. The van der Waals surface area contributed by atoms with Gasteiger partial charge >= 0.3 is 0 Å². The molecule has 2 aromatic rings. The molecular formula is C13H15N3. The average Bonchev–Trinajstić information content (AvgIpc) is 2.37. The van der Waals surface area contributed by atoms with Crippen LogP contribution in [-0.2, 0) is 13.0 Å². The highest BCUT2D eigenvalue weighted by molar-refractivity contribution is 5.14. The Morgan fingerprint density at radius 1 is 0.938 bits per heavy atom. The number of hydrogen-bond acceptors (Lipinski definition) is 3. The Morgan fingerprint density at radius 2 is 1.69 bits per heavy atom. The van der Waals surface area contributed by atoms with Gasteiger partial charge in [-0.25, -0.2) is 9.97 Å². The van der Waals surface area contributed by atoms with E-state index in [1.54, 1.807) is 12.4 Å². The second-order valence-electron chi connectivity index (χ2n) is 3.58. The molecule has 0 unspecified atom stereocenters. The van der Waals surface area contributed by atoms with Crippen molar-refractivity contribution >= 4 is 0 Å². The van der Waals surface area contributed by atoms with Crippen molar-refractivity contribution in [2.75, 3.05) is 6.54 Å². The van der Waals surface area contributed by atoms with Crippen LogP contribution in [0, 0.1) is 0 Å². The van der Waals surface area contributed by atoms with Gasteiger partial charge in [0.2, 0.25) is 0 Å². The highest BCUT2D eigenvalue weighted by atomic mass is 14.9. The van der Waals surface area contributed by atoms with Gasteiger partial charge in [0.25, 0.3) is 0 Å². The van der Waals surface area contributed by atoms with Gasteiger partial charge in [0, 0.05) is 12.4 Å². The molecule has 3 nitrogen and oxygen atoms in total. The Morgan fingerprint density at radius 3 is 2.44 bits per heavy atom. The first-order valence-electron chi connectivity index (χ1n) is 5.46. The van der Waals surface area contributed by atoms with E-state index in [1.807, 2.05) is 12.1 Å². The van der Waals surface area contributed by atoms with Crippen molar-refractivity contribution in [1.82, 2.24) is 15.3 Å². The van der Waals surface area contributed by atoms with Crippen LogP contribution in [0.3, 0.4) is 0 Å². The third-order valence-corrected chi connectivity index (χ3v) is 2.34. The lowest BCUT2D eigenvalue weighted by Gasteiger charge is -2.03. The molecule has 1 aromatic heterocycles. The minimum atomic E-state index is 0.730. The highest BCUT2D eigenvalue weighted by Crippen LogP contribution is 1.98. The zero-order valence-corrected chi connectivity index (χ0v) is 9.13. The monoisotopic (exact) mass is 213 g/mol. The summed E-state index contributed by atoms with van der Waals surface area (Å²) in [5.74, 6) is 0.843. The summed E-state index contributed by atoms with van der Waals surface area (Å²) in [6, 6.07) is 12.3. The second-order valence-corrected chi connectivity index (χ2v) is 3.58. The minimum absolute atomic E-state index is 0.730. The summed E-state index contributed by atoms with van der Waals surface area (Å²) < 4.78 is 0. The largest absolute Gasteiger partial charge is 0.310 e. The van der Waals surface area contributed by atoms with Gasteiger partial charge in [0.1, 0.15) is 5.82 Å². The quantitative estimate of drug-likeness (QED) is 0.770. The van der Waals surface area contributed by atoms with E-state index in [4.69, 9.17) is 0 Å². The molecule has 0 aliphatic heterocycles. The lowest BCUT2D eigenvalue weighted by molar-refractivity contribution is 0.659. The second kappa shape index (κ2) is 5.98. The van der Waals surface area contributed by atoms with Crippen molar-refractivity contribution in [1.29, 1.82) is 0 Å².